The highest BCUT2D eigenvalue weighted by molar-refractivity contribution is 5.97. The van der Waals surface area contributed by atoms with Crippen LogP contribution in [0.25, 0.3) is 0 Å². The van der Waals surface area contributed by atoms with Crippen LogP contribution >= 0.6 is 0 Å². The quantitative estimate of drug-likeness (QED) is 0.564. The summed E-state index contributed by atoms with van der Waals surface area (Å²) >= 11 is 0. The molecule has 0 unspecified atom stereocenters. The minimum atomic E-state index is -0.257. The third kappa shape index (κ3) is 6.62. The average molecular weight is 335 g/mol. The smallest absolute Gasteiger partial charge is 0.235 e. The number of amides is 1. The fourth-order valence-electron chi connectivity index (χ4n) is 3.57. The van der Waals surface area contributed by atoms with Crippen LogP contribution in [0.3, 0.4) is 0 Å². The van der Waals surface area contributed by atoms with Gasteiger partial charge in [-0.05, 0) is 64.6 Å². The van der Waals surface area contributed by atoms with E-state index in [1.54, 1.807) is 0 Å². The highest BCUT2D eigenvalue weighted by Crippen LogP contribution is 2.30. The van der Waals surface area contributed by atoms with Crippen molar-refractivity contribution in [2.24, 2.45) is 23.5 Å². The predicted molar refractivity (Wildman–Crippen MR) is 97.2 cm³/mol. The van der Waals surface area contributed by atoms with Crippen molar-refractivity contribution in [3.8, 4) is 11.8 Å². The van der Waals surface area contributed by atoms with E-state index in [0.29, 0.717) is 12.5 Å². The Hall–Kier alpha value is -1.38. The van der Waals surface area contributed by atoms with Crippen LogP contribution in [0, 0.1) is 29.6 Å². The number of carbonyl (C=O) groups excluding carboxylic acids is 2. The molecule has 0 aromatic carbocycles. The average Bonchev–Trinajstić information content (AvgIpc) is 2.46. The number of carbonyl (C=O) groups is 2. The van der Waals surface area contributed by atoms with Crippen molar-refractivity contribution in [1.29, 1.82) is 0 Å². The molecule has 0 radical (unpaired) electrons. The first-order valence-corrected chi connectivity index (χ1v) is 8.89. The summed E-state index contributed by atoms with van der Waals surface area (Å²) in [4.78, 5) is 27.8. The molecule has 1 amide bonds. The molecule has 1 fully saturated rings. The van der Waals surface area contributed by atoms with Gasteiger partial charge in [-0.2, -0.15) is 0 Å². The molecule has 2 N–H and O–H groups in total. The molecule has 5 nitrogen and oxygen atoms in total. The Morgan fingerprint density at radius 2 is 1.71 bits per heavy atom. The zero-order valence-corrected chi connectivity index (χ0v) is 15.8. The largest absolute Gasteiger partial charge is 0.368 e. The number of primary amides is 1. The van der Waals surface area contributed by atoms with Crippen molar-refractivity contribution < 1.29 is 9.59 Å². The van der Waals surface area contributed by atoms with Gasteiger partial charge in [-0.3, -0.25) is 19.4 Å². The molecule has 136 valence electrons. The van der Waals surface area contributed by atoms with Gasteiger partial charge in [-0.15, -0.1) is 0 Å². The Bertz CT molecular complexity index is 483. The lowest BCUT2D eigenvalue weighted by molar-refractivity contribution is -0.124. The first kappa shape index (κ1) is 20.7. The van der Waals surface area contributed by atoms with E-state index in [-0.39, 0.29) is 29.6 Å². The van der Waals surface area contributed by atoms with Gasteiger partial charge in [-0.25, -0.2) is 0 Å². The molecule has 1 aliphatic rings. The van der Waals surface area contributed by atoms with Gasteiger partial charge in [0.1, 0.15) is 0 Å². The van der Waals surface area contributed by atoms with Crippen molar-refractivity contribution in [2.45, 2.75) is 45.6 Å². The molecular formula is C19H33N3O2. The van der Waals surface area contributed by atoms with Crippen molar-refractivity contribution in [1.82, 2.24) is 9.80 Å². The van der Waals surface area contributed by atoms with Crippen LogP contribution in [-0.2, 0) is 9.59 Å². The Morgan fingerprint density at radius 1 is 1.12 bits per heavy atom. The lowest BCUT2D eigenvalue weighted by Gasteiger charge is -2.34. The molecule has 0 aliphatic heterocycles. The number of Topliss-reactive ketones (excluding diaryl/α,β-unsaturated/α-hetero) is 1. The third-order valence-electron chi connectivity index (χ3n) is 4.77. The van der Waals surface area contributed by atoms with E-state index in [0.717, 1.165) is 32.2 Å². The number of hydrogen-bond donors (Lipinski definition) is 1. The molecule has 24 heavy (non-hydrogen) atoms. The van der Waals surface area contributed by atoms with E-state index in [2.05, 4.69) is 16.7 Å². The van der Waals surface area contributed by atoms with E-state index in [4.69, 9.17) is 5.73 Å². The maximum Gasteiger partial charge on any atom is 0.235 e. The Morgan fingerprint density at radius 3 is 2.17 bits per heavy atom. The van der Waals surface area contributed by atoms with Gasteiger partial charge in [0.15, 0.2) is 0 Å². The van der Waals surface area contributed by atoms with E-state index in [1.807, 2.05) is 39.9 Å². The molecule has 1 saturated carbocycles. The summed E-state index contributed by atoms with van der Waals surface area (Å²) in [7, 11) is 5.86. The summed E-state index contributed by atoms with van der Waals surface area (Å²) in [5.41, 5.74) is 5.53. The standard InChI is InChI=1S/C19H33N3O2/c1-14(2)18(19(20)24)22(5)13-15-8-10-16(11-9-15)17(23)7-6-12-21(3)4/h14-16,18H,8-13H2,1-5H3,(H2,20,24)/t15?,16?,18-/m0/s1. The lowest BCUT2D eigenvalue weighted by atomic mass is 9.79. The van der Waals surface area contributed by atoms with Crippen LogP contribution in [0.15, 0.2) is 0 Å². The zero-order chi connectivity index (χ0) is 18.3. The van der Waals surface area contributed by atoms with Gasteiger partial charge >= 0.3 is 0 Å². The first-order chi connectivity index (χ1) is 11.2. The maximum absolute atomic E-state index is 12.1. The molecular weight excluding hydrogens is 302 g/mol. The highest BCUT2D eigenvalue weighted by Gasteiger charge is 2.29. The summed E-state index contributed by atoms with van der Waals surface area (Å²) in [6.07, 6.45) is 3.83. The summed E-state index contributed by atoms with van der Waals surface area (Å²) in [6.45, 7) is 5.52. The summed E-state index contributed by atoms with van der Waals surface area (Å²) in [5.74, 6) is 6.35. The van der Waals surface area contributed by atoms with Crippen LogP contribution in [0.4, 0.5) is 0 Å². The van der Waals surface area contributed by atoms with E-state index >= 15 is 0 Å². The van der Waals surface area contributed by atoms with Crippen molar-refractivity contribution in [2.75, 3.05) is 34.2 Å². The summed E-state index contributed by atoms with van der Waals surface area (Å²) < 4.78 is 0. The fraction of sp³-hybridized carbons (Fsp3) is 0.789. The van der Waals surface area contributed by atoms with Crippen LogP contribution in [0.5, 0.6) is 0 Å². The number of hydrogen-bond acceptors (Lipinski definition) is 4. The van der Waals surface area contributed by atoms with Crippen LogP contribution in [0.2, 0.25) is 0 Å². The van der Waals surface area contributed by atoms with Gasteiger partial charge in [0.25, 0.3) is 0 Å². The molecule has 0 aromatic heterocycles. The zero-order valence-electron chi connectivity index (χ0n) is 15.8. The Balaban J connectivity index is 2.46. The van der Waals surface area contributed by atoms with Gasteiger partial charge in [0.2, 0.25) is 11.7 Å². The van der Waals surface area contributed by atoms with Gasteiger partial charge in [0.05, 0.1) is 12.6 Å². The molecule has 0 heterocycles. The number of nitrogens with two attached hydrogens (primary N) is 1. The minimum absolute atomic E-state index is 0.0817. The lowest BCUT2D eigenvalue weighted by Crippen LogP contribution is -2.48. The van der Waals surface area contributed by atoms with Crippen molar-refractivity contribution >= 4 is 11.7 Å². The third-order valence-corrected chi connectivity index (χ3v) is 4.77. The second kappa shape index (κ2) is 9.80. The Kier molecular flexibility index (Phi) is 8.44. The summed E-state index contributed by atoms with van der Waals surface area (Å²) in [6, 6.07) is -0.221. The number of nitrogens with zero attached hydrogens (tertiary/aromatic N) is 2. The van der Waals surface area contributed by atoms with Crippen LogP contribution in [0.1, 0.15) is 39.5 Å². The van der Waals surface area contributed by atoms with Crippen LogP contribution < -0.4 is 5.73 Å². The van der Waals surface area contributed by atoms with Crippen LogP contribution in [-0.4, -0.2) is 61.8 Å². The molecule has 0 aromatic rings. The normalized spacial score (nSPS) is 22.3. The number of likely N-dealkylation sites (N-methyl/N-ethyl adjacent to an activating group) is 1. The Labute approximate surface area is 146 Å². The van der Waals surface area contributed by atoms with Gasteiger partial charge in [-0.1, -0.05) is 19.8 Å². The number of ketones is 1. The minimum Gasteiger partial charge on any atom is -0.368 e. The SMILES string of the molecule is CC(C)[C@@H](C(N)=O)N(C)CC1CCC(C(=O)C#CCN(C)C)CC1. The molecule has 1 aliphatic carbocycles. The monoisotopic (exact) mass is 335 g/mol. The van der Waals surface area contributed by atoms with E-state index in [1.165, 1.54) is 0 Å². The molecule has 1 rings (SSSR count). The second-order valence-electron chi connectivity index (χ2n) is 7.65. The molecule has 1 atom stereocenters. The van der Waals surface area contributed by atoms with Crippen molar-refractivity contribution in [3.05, 3.63) is 0 Å². The van der Waals surface area contributed by atoms with E-state index < -0.39 is 0 Å². The van der Waals surface area contributed by atoms with Crippen molar-refractivity contribution in [3.63, 3.8) is 0 Å². The van der Waals surface area contributed by atoms with Gasteiger partial charge in [0, 0.05) is 12.5 Å². The van der Waals surface area contributed by atoms with Gasteiger partial charge < -0.3 is 5.73 Å². The molecule has 0 bridgehead atoms. The summed E-state index contributed by atoms with van der Waals surface area (Å²) in [5, 5.41) is 0. The fourth-order valence-corrected chi connectivity index (χ4v) is 3.57. The van der Waals surface area contributed by atoms with E-state index in [9.17, 15) is 9.59 Å². The number of rotatable bonds is 7. The first-order valence-electron chi connectivity index (χ1n) is 8.89. The topological polar surface area (TPSA) is 66.6 Å². The second-order valence-corrected chi connectivity index (χ2v) is 7.65. The predicted octanol–water partition coefficient (Wildman–Crippen LogP) is 1.37. The molecule has 0 spiro atoms. The highest BCUT2D eigenvalue weighted by atomic mass is 16.1. The maximum atomic E-state index is 12.1. The molecule has 0 saturated heterocycles. The molecule has 5 heteroatoms.